The molecule has 3 unspecified atom stereocenters. The molecule has 10 rings (SSSR count). The van der Waals surface area contributed by atoms with Gasteiger partial charge in [-0.2, -0.15) is 0 Å². The summed E-state index contributed by atoms with van der Waals surface area (Å²) in [6.07, 6.45) is 3.04. The minimum atomic E-state index is -0.146. The lowest BCUT2D eigenvalue weighted by atomic mass is 9.69. The summed E-state index contributed by atoms with van der Waals surface area (Å²) in [5.74, 6) is 1.50. The molecule has 254 valence electrons. The molecule has 2 aliphatic rings. The third-order valence-electron chi connectivity index (χ3n) is 11.2. The molecule has 8 aromatic rings. The summed E-state index contributed by atoms with van der Waals surface area (Å²) in [5.41, 5.74) is 15.3. The van der Waals surface area contributed by atoms with Crippen LogP contribution in [0.4, 0.5) is 0 Å². The lowest BCUT2D eigenvalue weighted by Gasteiger charge is -2.34. The van der Waals surface area contributed by atoms with E-state index in [9.17, 15) is 0 Å². The molecule has 0 amide bonds. The summed E-state index contributed by atoms with van der Waals surface area (Å²) < 4.78 is 6.65. The molecule has 1 N–H and O–H groups in total. The zero-order valence-corrected chi connectivity index (χ0v) is 29.5. The molecule has 1 aliphatic heterocycles. The van der Waals surface area contributed by atoms with Crippen molar-refractivity contribution in [2.75, 3.05) is 0 Å². The van der Waals surface area contributed by atoms with E-state index in [1.165, 1.54) is 38.9 Å². The van der Waals surface area contributed by atoms with Crippen LogP contribution in [0.15, 0.2) is 185 Å². The Labute approximate surface area is 310 Å². The fourth-order valence-electron chi connectivity index (χ4n) is 8.67. The summed E-state index contributed by atoms with van der Waals surface area (Å²) in [5, 5.41) is 5.97. The van der Waals surface area contributed by atoms with E-state index >= 15 is 0 Å². The second-order valence-corrected chi connectivity index (χ2v) is 14.3. The van der Waals surface area contributed by atoms with Crippen LogP contribution in [0, 0.1) is 0 Å². The molecule has 0 fully saturated rings. The number of fused-ring (bicyclic) bond motifs is 6. The molecule has 3 heteroatoms. The SMILES string of the molecule is CC1c2ccc(-c3cc(C4CC=C(c5ccccc5)NC(c5ccccc5)=N4)c4c(c3)oc3ccccc34)cc2-c2ccccc2C1c1ccccc1. The summed E-state index contributed by atoms with van der Waals surface area (Å²) in [4.78, 5) is 5.52. The van der Waals surface area contributed by atoms with E-state index in [2.05, 4.69) is 182 Å². The number of rotatable bonds is 5. The first-order valence-corrected chi connectivity index (χ1v) is 18.6. The second kappa shape index (κ2) is 13.0. The smallest absolute Gasteiger partial charge is 0.136 e. The van der Waals surface area contributed by atoms with Gasteiger partial charge in [0, 0.05) is 28.0 Å². The average molecular weight is 683 g/mol. The normalized spacial score (nSPS) is 18.0. The van der Waals surface area contributed by atoms with Crippen LogP contribution in [-0.2, 0) is 0 Å². The number of hydrogen-bond donors (Lipinski definition) is 1. The van der Waals surface area contributed by atoms with Gasteiger partial charge in [0.15, 0.2) is 0 Å². The maximum absolute atomic E-state index is 6.65. The minimum Gasteiger partial charge on any atom is -0.456 e. The van der Waals surface area contributed by atoms with E-state index < -0.39 is 0 Å². The lowest BCUT2D eigenvalue weighted by Crippen LogP contribution is -2.22. The average Bonchev–Trinajstić information content (AvgIpc) is 3.45. The largest absolute Gasteiger partial charge is 0.456 e. The standard InChI is InChI=1S/C50H38N2O/c1-32-38-26-25-36(29-42(38)39-21-11-12-22-40(39)48(32)34-17-7-3-8-18-34)37-30-43(49-41-23-13-14-24-46(41)53-47(49)31-37)45-28-27-44(33-15-5-2-6-16-33)51-50(52-45)35-19-9-4-10-20-35/h2-27,29-32,45,48H,28H2,1H3,(H,51,52). The minimum absolute atomic E-state index is 0.146. The number of nitrogens with zero attached hydrogens (tertiary/aromatic N) is 1. The van der Waals surface area contributed by atoms with Crippen LogP contribution in [0.25, 0.3) is 49.9 Å². The predicted molar refractivity (Wildman–Crippen MR) is 219 cm³/mol. The van der Waals surface area contributed by atoms with Crippen LogP contribution in [0.2, 0.25) is 0 Å². The summed E-state index contributed by atoms with van der Waals surface area (Å²) in [7, 11) is 0. The molecule has 53 heavy (non-hydrogen) atoms. The maximum Gasteiger partial charge on any atom is 0.136 e. The molecule has 7 aromatic carbocycles. The van der Waals surface area contributed by atoms with Crippen molar-refractivity contribution in [2.24, 2.45) is 4.99 Å². The number of hydrogen-bond acceptors (Lipinski definition) is 3. The Bertz CT molecular complexity index is 2690. The number of furan rings is 1. The highest BCUT2D eigenvalue weighted by molar-refractivity contribution is 6.09. The molecule has 2 heterocycles. The zero-order chi connectivity index (χ0) is 35.3. The highest BCUT2D eigenvalue weighted by atomic mass is 16.3. The van der Waals surface area contributed by atoms with Gasteiger partial charge in [-0.15, -0.1) is 0 Å². The Morgan fingerprint density at radius 3 is 2.06 bits per heavy atom. The number of para-hydroxylation sites is 1. The van der Waals surface area contributed by atoms with E-state index in [1.54, 1.807) is 0 Å². The van der Waals surface area contributed by atoms with Crippen LogP contribution in [-0.4, -0.2) is 5.84 Å². The van der Waals surface area contributed by atoms with Crippen LogP contribution in [0.3, 0.4) is 0 Å². The third kappa shape index (κ3) is 5.48. The van der Waals surface area contributed by atoms with Gasteiger partial charge in [0.25, 0.3) is 0 Å². The molecule has 0 spiro atoms. The molecule has 0 saturated heterocycles. The van der Waals surface area contributed by atoms with Gasteiger partial charge >= 0.3 is 0 Å². The van der Waals surface area contributed by atoms with E-state index in [0.29, 0.717) is 11.8 Å². The van der Waals surface area contributed by atoms with Gasteiger partial charge in [0.05, 0.1) is 6.04 Å². The fraction of sp³-hybridized carbons (Fsp3) is 0.100. The Hall–Kier alpha value is -6.45. The van der Waals surface area contributed by atoms with Crippen LogP contribution < -0.4 is 5.32 Å². The molecular formula is C50H38N2O. The van der Waals surface area contributed by atoms with Crippen LogP contribution in [0.5, 0.6) is 0 Å². The van der Waals surface area contributed by atoms with E-state index in [4.69, 9.17) is 9.41 Å². The predicted octanol–water partition coefficient (Wildman–Crippen LogP) is 12.7. The Balaban J connectivity index is 1.15. The maximum atomic E-state index is 6.65. The van der Waals surface area contributed by atoms with Crippen LogP contribution >= 0.6 is 0 Å². The Morgan fingerprint density at radius 1 is 0.547 bits per heavy atom. The zero-order valence-electron chi connectivity index (χ0n) is 29.5. The lowest BCUT2D eigenvalue weighted by molar-refractivity contribution is 0.649. The fourth-order valence-corrected chi connectivity index (χ4v) is 8.67. The quantitative estimate of drug-likeness (QED) is 0.196. The molecule has 0 bridgehead atoms. The number of nitrogens with one attached hydrogen (secondary N) is 1. The monoisotopic (exact) mass is 682 g/mol. The first-order chi connectivity index (χ1) is 26.2. The molecule has 1 aliphatic carbocycles. The first-order valence-electron chi connectivity index (χ1n) is 18.6. The Morgan fingerprint density at radius 2 is 1.25 bits per heavy atom. The third-order valence-corrected chi connectivity index (χ3v) is 11.2. The van der Waals surface area contributed by atoms with Crippen molar-refractivity contribution in [1.29, 1.82) is 0 Å². The van der Waals surface area contributed by atoms with E-state index in [1.807, 2.05) is 6.07 Å². The summed E-state index contributed by atoms with van der Waals surface area (Å²) in [6, 6.07) is 60.8. The highest BCUT2D eigenvalue weighted by Gasteiger charge is 2.32. The molecule has 0 saturated carbocycles. The van der Waals surface area contributed by atoms with Gasteiger partial charge in [-0.05, 0) is 86.7 Å². The Kier molecular flexibility index (Phi) is 7.65. The van der Waals surface area contributed by atoms with Crippen molar-refractivity contribution in [1.82, 2.24) is 5.32 Å². The van der Waals surface area contributed by atoms with Crippen molar-refractivity contribution < 1.29 is 4.42 Å². The van der Waals surface area contributed by atoms with E-state index in [0.717, 1.165) is 56.6 Å². The van der Waals surface area contributed by atoms with Crippen molar-refractivity contribution in [3.8, 4) is 22.3 Å². The van der Waals surface area contributed by atoms with Crippen molar-refractivity contribution in [3.05, 3.63) is 209 Å². The number of amidine groups is 1. The van der Waals surface area contributed by atoms with Gasteiger partial charge in [0.1, 0.15) is 17.0 Å². The van der Waals surface area contributed by atoms with Crippen molar-refractivity contribution in [3.63, 3.8) is 0 Å². The van der Waals surface area contributed by atoms with Gasteiger partial charge in [-0.25, -0.2) is 0 Å². The second-order valence-electron chi connectivity index (χ2n) is 14.3. The van der Waals surface area contributed by atoms with E-state index in [-0.39, 0.29) is 6.04 Å². The highest BCUT2D eigenvalue weighted by Crippen LogP contribution is 2.51. The topological polar surface area (TPSA) is 37.5 Å². The van der Waals surface area contributed by atoms with Gasteiger partial charge < -0.3 is 9.73 Å². The molecule has 3 atom stereocenters. The molecular weight excluding hydrogens is 645 g/mol. The molecule has 3 nitrogen and oxygen atoms in total. The molecule has 1 aromatic heterocycles. The number of benzene rings is 7. The summed E-state index contributed by atoms with van der Waals surface area (Å²) >= 11 is 0. The number of aliphatic imine (C=N–C) groups is 1. The van der Waals surface area contributed by atoms with Gasteiger partial charge in [0.2, 0.25) is 0 Å². The van der Waals surface area contributed by atoms with Gasteiger partial charge in [-0.3, -0.25) is 4.99 Å². The first kappa shape index (κ1) is 31.3. The van der Waals surface area contributed by atoms with Crippen molar-refractivity contribution in [2.45, 2.75) is 31.2 Å². The van der Waals surface area contributed by atoms with Gasteiger partial charge in [-0.1, -0.05) is 159 Å². The summed E-state index contributed by atoms with van der Waals surface area (Å²) in [6.45, 7) is 2.38. The van der Waals surface area contributed by atoms with Crippen molar-refractivity contribution >= 4 is 33.5 Å². The molecule has 0 radical (unpaired) electrons. The van der Waals surface area contributed by atoms with Crippen LogP contribution in [0.1, 0.15) is 64.6 Å².